The summed E-state index contributed by atoms with van der Waals surface area (Å²) in [4.78, 5) is 21.5. The van der Waals surface area contributed by atoms with Gasteiger partial charge in [-0.3, -0.25) is 10.4 Å². The summed E-state index contributed by atoms with van der Waals surface area (Å²) in [5.41, 5.74) is 5.56. The van der Waals surface area contributed by atoms with Crippen molar-refractivity contribution in [2.45, 2.75) is 9.79 Å². The molecule has 45 heavy (non-hydrogen) atoms. The summed E-state index contributed by atoms with van der Waals surface area (Å²) in [6.07, 6.45) is 0.640. The molecule has 0 spiro atoms. The number of aliphatic imine (C=N–C) groups is 1. The van der Waals surface area contributed by atoms with Gasteiger partial charge in [0, 0.05) is 19.2 Å². The monoisotopic (exact) mass is 637 g/mol. The minimum absolute atomic E-state index is 0.0940. The fourth-order valence-electron chi connectivity index (χ4n) is 4.44. The molecule has 0 atom stereocenters. The fraction of sp³-hybridized carbons (Fsp3) is 0.133. The van der Waals surface area contributed by atoms with Crippen molar-refractivity contribution in [1.82, 2.24) is 9.88 Å². The summed E-state index contributed by atoms with van der Waals surface area (Å²) in [6.45, 7) is 0.849. The zero-order chi connectivity index (χ0) is 32.5. The first kappa shape index (κ1) is 30.9. The van der Waals surface area contributed by atoms with Gasteiger partial charge < -0.3 is 30.0 Å². The van der Waals surface area contributed by atoms with Gasteiger partial charge in [-0.25, -0.2) is 22.6 Å². The number of pyridine rings is 1. The maximum atomic E-state index is 15.6. The Hall–Kier alpha value is -5.57. The lowest BCUT2D eigenvalue weighted by molar-refractivity contribution is 0.0596. The molecule has 2 heterocycles. The summed E-state index contributed by atoms with van der Waals surface area (Å²) >= 11 is 0. The van der Waals surface area contributed by atoms with Crippen LogP contribution in [0.2, 0.25) is 0 Å². The van der Waals surface area contributed by atoms with Crippen molar-refractivity contribution in [3.63, 3.8) is 0 Å². The van der Waals surface area contributed by atoms with Crippen LogP contribution in [0.25, 0.3) is 0 Å². The third-order valence-corrected chi connectivity index (χ3v) is 8.54. The topological polar surface area (TPSA) is 177 Å². The number of nitrogen functional groups attached to an aromatic ring is 1. The van der Waals surface area contributed by atoms with E-state index in [2.05, 4.69) is 9.98 Å². The highest BCUT2D eigenvalue weighted by Gasteiger charge is 2.29. The molecule has 3 aromatic carbocycles. The zero-order valence-electron chi connectivity index (χ0n) is 23.7. The van der Waals surface area contributed by atoms with Gasteiger partial charge in [-0.15, -0.1) is 0 Å². The first-order chi connectivity index (χ1) is 21.4. The third kappa shape index (κ3) is 5.97. The predicted molar refractivity (Wildman–Crippen MR) is 157 cm³/mol. The number of amidine groups is 2. The number of hydrogen-bond donors (Lipinski definition) is 3. The molecule has 1 aliphatic rings. The first-order valence-corrected chi connectivity index (χ1v) is 14.6. The van der Waals surface area contributed by atoms with E-state index in [0.29, 0.717) is 25.1 Å². The molecule has 0 fully saturated rings. The molecular weight excluding hydrogens is 612 g/mol. The Morgan fingerprint density at radius 1 is 1.07 bits per heavy atom. The minimum atomic E-state index is -4.31. The number of aromatic hydroxyl groups is 1. The van der Waals surface area contributed by atoms with Crippen LogP contribution in [0.3, 0.4) is 0 Å². The lowest BCUT2D eigenvalue weighted by atomic mass is 10.1. The van der Waals surface area contributed by atoms with E-state index < -0.39 is 44.8 Å². The van der Waals surface area contributed by atoms with Gasteiger partial charge in [0.15, 0.2) is 17.3 Å². The Morgan fingerprint density at radius 3 is 2.51 bits per heavy atom. The van der Waals surface area contributed by atoms with E-state index in [1.165, 1.54) is 54.6 Å². The molecule has 232 valence electrons. The quantitative estimate of drug-likeness (QED) is 0.137. The van der Waals surface area contributed by atoms with Crippen LogP contribution < -0.4 is 15.2 Å². The minimum Gasteiger partial charge on any atom is -0.504 e. The van der Waals surface area contributed by atoms with Crippen molar-refractivity contribution in [3.05, 3.63) is 95.2 Å². The van der Waals surface area contributed by atoms with Crippen LogP contribution in [0.5, 0.6) is 28.9 Å². The maximum absolute atomic E-state index is 15.6. The van der Waals surface area contributed by atoms with Crippen LogP contribution in [0, 0.1) is 17.0 Å². The molecule has 0 unspecified atom stereocenters. The number of halogens is 2. The van der Waals surface area contributed by atoms with Crippen molar-refractivity contribution >= 4 is 27.5 Å². The van der Waals surface area contributed by atoms with Gasteiger partial charge in [-0.1, -0.05) is 12.1 Å². The average molecular weight is 638 g/mol. The number of likely N-dealkylation sites (N-methyl/N-ethyl adjacent to an activating group) is 1. The summed E-state index contributed by atoms with van der Waals surface area (Å²) in [6, 6.07) is 12.8. The Bertz CT molecular complexity index is 1990. The molecular formula is C30H25F2N5O7S. The molecule has 0 aliphatic carbocycles. The Morgan fingerprint density at radius 2 is 1.82 bits per heavy atom. The lowest BCUT2D eigenvalue weighted by Gasteiger charge is -2.19. The summed E-state index contributed by atoms with van der Waals surface area (Å²) in [5, 5.41) is 17.7. The van der Waals surface area contributed by atoms with Crippen molar-refractivity contribution in [2.24, 2.45) is 10.7 Å². The second-order valence-electron chi connectivity index (χ2n) is 9.63. The van der Waals surface area contributed by atoms with E-state index >= 15 is 4.39 Å². The third-order valence-electron chi connectivity index (χ3n) is 6.73. The van der Waals surface area contributed by atoms with Crippen LogP contribution in [0.4, 0.5) is 8.78 Å². The zero-order valence-corrected chi connectivity index (χ0v) is 24.6. The smallest absolute Gasteiger partial charge is 0.339 e. The van der Waals surface area contributed by atoms with E-state index in [4.69, 9.17) is 25.4 Å². The average Bonchev–Trinajstić information content (AvgIpc) is 3.46. The van der Waals surface area contributed by atoms with Crippen LogP contribution in [0.15, 0.2) is 81.6 Å². The van der Waals surface area contributed by atoms with Gasteiger partial charge in [-0.05, 0) is 48.5 Å². The molecule has 1 aromatic heterocycles. The Kier molecular flexibility index (Phi) is 8.37. The van der Waals surface area contributed by atoms with E-state index in [0.717, 1.165) is 13.2 Å². The Balaban J connectivity index is 1.58. The van der Waals surface area contributed by atoms with Crippen molar-refractivity contribution in [3.8, 4) is 28.9 Å². The number of rotatable bonds is 9. The molecule has 5 rings (SSSR count). The number of hydrogen-bond acceptors (Lipinski definition) is 11. The standard InChI is InChI=1S/C30H25F2N5O7S/c1-37-12-11-35-28(37)19-14-17(45(40,41)24-6-4-3-5-18(24)30(39)42-2)8-10-22(19)43-26-20(31)15-36-29(25(26)32)44-23-13-16(27(33)34)7-9-21(23)38/h3-10,13-15,38H,11-12H2,1-2H3,(H3,33,34). The number of methoxy groups -OCH3 is 1. The molecule has 0 saturated heterocycles. The molecule has 0 radical (unpaired) electrons. The number of nitrogens with two attached hydrogens (primary N) is 1. The normalized spacial score (nSPS) is 12.9. The van der Waals surface area contributed by atoms with Crippen LogP contribution in [-0.4, -0.2) is 68.3 Å². The number of benzene rings is 3. The first-order valence-electron chi connectivity index (χ1n) is 13.1. The second kappa shape index (κ2) is 12.2. The summed E-state index contributed by atoms with van der Waals surface area (Å²) < 4.78 is 73.9. The van der Waals surface area contributed by atoms with Crippen LogP contribution >= 0.6 is 0 Å². The van der Waals surface area contributed by atoms with Crippen molar-refractivity contribution in [2.75, 3.05) is 27.2 Å². The van der Waals surface area contributed by atoms with Gasteiger partial charge in [0.25, 0.3) is 5.88 Å². The fourth-order valence-corrected chi connectivity index (χ4v) is 5.92. The van der Waals surface area contributed by atoms with Gasteiger partial charge in [0.1, 0.15) is 17.4 Å². The van der Waals surface area contributed by atoms with E-state index in [9.17, 15) is 22.7 Å². The van der Waals surface area contributed by atoms with Gasteiger partial charge >= 0.3 is 5.97 Å². The van der Waals surface area contributed by atoms with E-state index in [1.54, 1.807) is 11.9 Å². The van der Waals surface area contributed by atoms with E-state index in [1.807, 2.05) is 0 Å². The number of esters is 1. The van der Waals surface area contributed by atoms with E-state index in [-0.39, 0.29) is 43.8 Å². The number of ether oxygens (including phenoxy) is 3. The van der Waals surface area contributed by atoms with Gasteiger partial charge in [-0.2, -0.15) is 4.39 Å². The molecule has 15 heteroatoms. The number of nitrogens with one attached hydrogen (secondary N) is 1. The number of carbonyl (C=O) groups is 1. The van der Waals surface area contributed by atoms with Crippen LogP contribution in [0.1, 0.15) is 21.5 Å². The number of carbonyl (C=O) groups excluding carboxylic acids is 1. The molecule has 12 nitrogen and oxygen atoms in total. The predicted octanol–water partition coefficient (Wildman–Crippen LogP) is 4.25. The number of aromatic nitrogens is 1. The lowest BCUT2D eigenvalue weighted by Crippen LogP contribution is -2.24. The molecule has 0 amide bonds. The number of phenolic OH excluding ortho intramolecular Hbond substituents is 1. The maximum Gasteiger partial charge on any atom is 0.339 e. The largest absolute Gasteiger partial charge is 0.504 e. The highest BCUT2D eigenvalue weighted by atomic mass is 32.2. The van der Waals surface area contributed by atoms with Crippen LogP contribution in [-0.2, 0) is 14.6 Å². The SMILES string of the molecule is COC(=O)c1ccccc1S(=O)(=O)c1ccc(Oc2c(F)cnc(Oc3cc(C(=N)N)ccc3O)c2F)c(C2=NCCN2C)c1. The number of phenols is 1. The van der Waals surface area contributed by atoms with Crippen molar-refractivity contribution < 1.29 is 41.3 Å². The molecule has 0 saturated carbocycles. The van der Waals surface area contributed by atoms with Gasteiger partial charge in [0.2, 0.25) is 21.4 Å². The highest BCUT2D eigenvalue weighted by Crippen LogP contribution is 2.39. The Labute approximate surface area is 255 Å². The molecule has 4 N–H and O–H groups in total. The highest BCUT2D eigenvalue weighted by molar-refractivity contribution is 7.91. The molecule has 0 bridgehead atoms. The molecule has 1 aliphatic heterocycles. The van der Waals surface area contributed by atoms with Crippen molar-refractivity contribution in [1.29, 1.82) is 5.41 Å². The molecule has 4 aromatic rings. The number of sulfone groups is 1. The number of nitrogens with zero attached hydrogens (tertiary/aromatic N) is 3. The summed E-state index contributed by atoms with van der Waals surface area (Å²) in [7, 11) is -1.48. The summed E-state index contributed by atoms with van der Waals surface area (Å²) in [5.74, 6) is -6.08. The van der Waals surface area contributed by atoms with Gasteiger partial charge in [0.05, 0.1) is 40.8 Å². The second-order valence-corrected chi connectivity index (χ2v) is 11.5.